The van der Waals surface area contributed by atoms with Crippen molar-refractivity contribution in [3.05, 3.63) is 24.0 Å². The maximum absolute atomic E-state index is 12.3. The van der Waals surface area contributed by atoms with Crippen LogP contribution >= 0.6 is 0 Å². The molecule has 0 spiro atoms. The van der Waals surface area contributed by atoms with E-state index in [1.165, 1.54) is 7.11 Å². The standard InChI is InChI=1S/C7H9FN2O2/c1-12-4-6(11)7-9-2-5(8)3-10-7/h2-3,6,11H,4H2,1H3. The second kappa shape index (κ2) is 4.08. The highest BCUT2D eigenvalue weighted by Gasteiger charge is 2.09. The molecule has 0 amide bonds. The number of aliphatic hydroxyl groups is 1. The van der Waals surface area contributed by atoms with Gasteiger partial charge in [0.25, 0.3) is 0 Å². The molecule has 4 nitrogen and oxygen atoms in total. The first-order chi connectivity index (χ1) is 5.74. The van der Waals surface area contributed by atoms with Crippen LogP contribution in [0.15, 0.2) is 12.4 Å². The minimum absolute atomic E-state index is 0.103. The average molecular weight is 172 g/mol. The molecule has 0 aliphatic carbocycles. The van der Waals surface area contributed by atoms with Crippen molar-refractivity contribution < 1.29 is 14.2 Å². The summed E-state index contributed by atoms with van der Waals surface area (Å²) in [6, 6.07) is 0. The molecular weight excluding hydrogens is 163 g/mol. The van der Waals surface area contributed by atoms with Crippen molar-refractivity contribution in [3.8, 4) is 0 Å². The summed E-state index contributed by atoms with van der Waals surface area (Å²) in [7, 11) is 1.45. The van der Waals surface area contributed by atoms with Crippen LogP contribution < -0.4 is 0 Å². The van der Waals surface area contributed by atoms with E-state index in [1.807, 2.05) is 0 Å². The lowest BCUT2D eigenvalue weighted by Gasteiger charge is -2.06. The fourth-order valence-corrected chi connectivity index (χ4v) is 0.727. The van der Waals surface area contributed by atoms with Crippen LogP contribution in [0.25, 0.3) is 0 Å². The molecular formula is C7H9FN2O2. The number of halogens is 1. The van der Waals surface area contributed by atoms with Crippen LogP contribution in [0.2, 0.25) is 0 Å². The van der Waals surface area contributed by atoms with Gasteiger partial charge in [-0.05, 0) is 0 Å². The summed E-state index contributed by atoms with van der Waals surface area (Å²) < 4.78 is 17.0. The molecule has 66 valence electrons. The zero-order chi connectivity index (χ0) is 8.97. The number of methoxy groups -OCH3 is 1. The Morgan fingerprint density at radius 1 is 1.58 bits per heavy atom. The molecule has 1 unspecified atom stereocenters. The fraction of sp³-hybridized carbons (Fsp3) is 0.429. The second-order valence-electron chi connectivity index (χ2n) is 2.23. The average Bonchev–Trinajstić information content (AvgIpc) is 2.06. The van der Waals surface area contributed by atoms with Gasteiger partial charge >= 0.3 is 0 Å². The first-order valence-electron chi connectivity index (χ1n) is 3.38. The van der Waals surface area contributed by atoms with Crippen molar-refractivity contribution in [1.29, 1.82) is 0 Å². The summed E-state index contributed by atoms with van der Waals surface area (Å²) in [4.78, 5) is 7.16. The molecule has 1 aromatic heterocycles. The van der Waals surface area contributed by atoms with E-state index in [2.05, 4.69) is 14.7 Å². The molecule has 1 rings (SSSR count). The number of hydrogen-bond acceptors (Lipinski definition) is 4. The van der Waals surface area contributed by atoms with Crippen molar-refractivity contribution in [2.24, 2.45) is 0 Å². The number of aliphatic hydroxyl groups excluding tert-OH is 1. The molecule has 0 aromatic carbocycles. The highest BCUT2D eigenvalue weighted by atomic mass is 19.1. The van der Waals surface area contributed by atoms with Crippen molar-refractivity contribution in [1.82, 2.24) is 9.97 Å². The topological polar surface area (TPSA) is 55.2 Å². The van der Waals surface area contributed by atoms with E-state index in [4.69, 9.17) is 0 Å². The van der Waals surface area contributed by atoms with Crippen LogP contribution in [-0.2, 0) is 4.74 Å². The Morgan fingerprint density at radius 3 is 2.67 bits per heavy atom. The highest BCUT2D eigenvalue weighted by Crippen LogP contribution is 2.05. The molecule has 0 radical (unpaired) electrons. The van der Waals surface area contributed by atoms with Gasteiger partial charge in [0.15, 0.2) is 11.6 Å². The van der Waals surface area contributed by atoms with E-state index in [0.717, 1.165) is 12.4 Å². The molecule has 1 N–H and O–H groups in total. The number of aromatic nitrogens is 2. The molecule has 5 heteroatoms. The smallest absolute Gasteiger partial charge is 0.159 e. The summed E-state index contributed by atoms with van der Waals surface area (Å²) in [6.45, 7) is 0.103. The van der Waals surface area contributed by atoms with Gasteiger partial charge in [-0.2, -0.15) is 0 Å². The van der Waals surface area contributed by atoms with E-state index in [0.29, 0.717) is 0 Å². The van der Waals surface area contributed by atoms with Crippen LogP contribution in [0.5, 0.6) is 0 Å². The van der Waals surface area contributed by atoms with E-state index in [-0.39, 0.29) is 12.4 Å². The van der Waals surface area contributed by atoms with Gasteiger partial charge in [0.1, 0.15) is 6.10 Å². The Bertz CT molecular complexity index is 240. The SMILES string of the molecule is COCC(O)c1ncc(F)cn1. The highest BCUT2D eigenvalue weighted by molar-refractivity contribution is 4.94. The van der Waals surface area contributed by atoms with Gasteiger partial charge in [0.2, 0.25) is 0 Å². The van der Waals surface area contributed by atoms with Gasteiger partial charge in [0.05, 0.1) is 19.0 Å². The first kappa shape index (κ1) is 9.02. The van der Waals surface area contributed by atoms with Crippen molar-refractivity contribution >= 4 is 0 Å². The van der Waals surface area contributed by atoms with E-state index >= 15 is 0 Å². The third-order valence-corrected chi connectivity index (χ3v) is 1.26. The van der Waals surface area contributed by atoms with Crippen LogP contribution in [0, 0.1) is 5.82 Å². The van der Waals surface area contributed by atoms with Crippen LogP contribution in [0.4, 0.5) is 4.39 Å². The molecule has 1 aromatic rings. The van der Waals surface area contributed by atoms with Crippen molar-refractivity contribution in [2.45, 2.75) is 6.10 Å². The van der Waals surface area contributed by atoms with Gasteiger partial charge < -0.3 is 9.84 Å². The molecule has 1 heterocycles. The third kappa shape index (κ3) is 2.21. The summed E-state index contributed by atoms with van der Waals surface area (Å²) in [6.07, 6.45) is 1.11. The number of rotatable bonds is 3. The van der Waals surface area contributed by atoms with Gasteiger partial charge in [0, 0.05) is 7.11 Å². The molecule has 0 saturated heterocycles. The molecule has 0 aliphatic rings. The lowest BCUT2D eigenvalue weighted by atomic mass is 10.3. The molecule has 12 heavy (non-hydrogen) atoms. The maximum Gasteiger partial charge on any atom is 0.159 e. The summed E-state index contributed by atoms with van der Waals surface area (Å²) >= 11 is 0. The molecule has 0 saturated carbocycles. The van der Waals surface area contributed by atoms with Gasteiger partial charge in [-0.1, -0.05) is 0 Å². The lowest BCUT2D eigenvalue weighted by molar-refractivity contribution is 0.0586. The summed E-state index contributed by atoms with van der Waals surface area (Å²) in [5.74, 6) is -0.360. The maximum atomic E-state index is 12.3. The number of ether oxygens (including phenoxy) is 1. The van der Waals surface area contributed by atoms with E-state index in [9.17, 15) is 9.50 Å². The second-order valence-corrected chi connectivity index (χ2v) is 2.23. The Hall–Kier alpha value is -1.07. The molecule has 0 bridgehead atoms. The normalized spacial score (nSPS) is 12.9. The van der Waals surface area contributed by atoms with Crippen molar-refractivity contribution in [3.63, 3.8) is 0 Å². The molecule has 0 aliphatic heterocycles. The van der Waals surface area contributed by atoms with Crippen LogP contribution in [0.3, 0.4) is 0 Å². The first-order valence-corrected chi connectivity index (χ1v) is 3.38. The quantitative estimate of drug-likeness (QED) is 0.712. The van der Waals surface area contributed by atoms with Crippen LogP contribution in [0.1, 0.15) is 11.9 Å². The fourth-order valence-electron chi connectivity index (χ4n) is 0.727. The Morgan fingerprint density at radius 2 is 2.17 bits per heavy atom. The Labute approximate surface area is 69.0 Å². The molecule has 1 atom stereocenters. The predicted molar refractivity (Wildman–Crippen MR) is 38.8 cm³/mol. The van der Waals surface area contributed by atoms with Gasteiger partial charge in [-0.3, -0.25) is 0 Å². The largest absolute Gasteiger partial charge is 0.383 e. The van der Waals surface area contributed by atoms with E-state index in [1.54, 1.807) is 0 Å². The van der Waals surface area contributed by atoms with Crippen molar-refractivity contribution in [2.75, 3.05) is 13.7 Å². The third-order valence-electron chi connectivity index (χ3n) is 1.26. The lowest BCUT2D eigenvalue weighted by Crippen LogP contribution is -2.09. The number of nitrogens with zero attached hydrogens (tertiary/aromatic N) is 2. The van der Waals surface area contributed by atoms with Gasteiger partial charge in [-0.25, -0.2) is 14.4 Å². The minimum atomic E-state index is -0.893. The number of hydrogen-bond donors (Lipinski definition) is 1. The zero-order valence-corrected chi connectivity index (χ0v) is 6.57. The van der Waals surface area contributed by atoms with Gasteiger partial charge in [-0.15, -0.1) is 0 Å². The Kier molecular flexibility index (Phi) is 3.07. The minimum Gasteiger partial charge on any atom is -0.383 e. The molecule has 0 fully saturated rings. The summed E-state index contributed by atoms with van der Waals surface area (Å²) in [5.41, 5.74) is 0. The summed E-state index contributed by atoms with van der Waals surface area (Å²) in [5, 5.41) is 9.24. The Balaban J connectivity index is 2.68. The van der Waals surface area contributed by atoms with E-state index < -0.39 is 11.9 Å². The predicted octanol–water partition coefficient (Wildman–Crippen LogP) is 0.296. The monoisotopic (exact) mass is 172 g/mol. The zero-order valence-electron chi connectivity index (χ0n) is 6.57. The van der Waals surface area contributed by atoms with Crippen LogP contribution in [-0.4, -0.2) is 28.8 Å².